The maximum atomic E-state index is 13.0. The number of piperidine rings is 1. The van der Waals surface area contributed by atoms with Crippen LogP contribution in [0.2, 0.25) is 5.02 Å². The lowest BCUT2D eigenvalue weighted by Gasteiger charge is -2.34. The van der Waals surface area contributed by atoms with Crippen molar-refractivity contribution >= 4 is 45.9 Å². The second-order valence-electron chi connectivity index (χ2n) is 8.24. The number of aryl methyl sites for hydroxylation is 2. The van der Waals surface area contributed by atoms with Crippen molar-refractivity contribution in [3.8, 4) is 0 Å². The van der Waals surface area contributed by atoms with Crippen LogP contribution >= 0.6 is 11.6 Å². The van der Waals surface area contributed by atoms with Crippen LogP contribution in [0.3, 0.4) is 0 Å². The van der Waals surface area contributed by atoms with E-state index in [9.17, 15) is 14.4 Å². The Morgan fingerprint density at radius 1 is 1.09 bits per heavy atom. The molecule has 0 spiro atoms. The van der Waals surface area contributed by atoms with Gasteiger partial charge in [-0.3, -0.25) is 18.7 Å². The fraction of sp³-hybridized carbons (Fsp3) is 0.375. The number of esters is 1. The molecule has 4 rings (SSSR count). The summed E-state index contributed by atoms with van der Waals surface area (Å²) in [4.78, 5) is 39.8. The largest absolute Gasteiger partial charge is 0.466 e. The first-order valence-electron chi connectivity index (χ1n) is 11.0. The summed E-state index contributed by atoms with van der Waals surface area (Å²) >= 11 is 6.06. The van der Waals surface area contributed by atoms with Crippen LogP contribution in [-0.4, -0.2) is 40.7 Å². The molecule has 1 amide bonds. The Hall–Kier alpha value is -3.26. The van der Waals surface area contributed by atoms with Gasteiger partial charge in [-0.25, -0.2) is 4.79 Å². The van der Waals surface area contributed by atoms with Crippen LogP contribution in [0.25, 0.3) is 11.0 Å². The molecule has 2 heterocycles. The number of ether oxygens (including phenoxy) is 1. The van der Waals surface area contributed by atoms with Gasteiger partial charge >= 0.3 is 11.7 Å². The summed E-state index contributed by atoms with van der Waals surface area (Å²) in [6.07, 6.45) is 1.32. The van der Waals surface area contributed by atoms with Gasteiger partial charge in [-0.1, -0.05) is 17.7 Å². The van der Waals surface area contributed by atoms with Crippen LogP contribution < -0.4 is 15.9 Å². The third-order valence-corrected chi connectivity index (χ3v) is 6.42. The second kappa shape index (κ2) is 9.31. The van der Waals surface area contributed by atoms with E-state index in [1.807, 2.05) is 12.1 Å². The molecule has 174 valence electrons. The second-order valence-corrected chi connectivity index (χ2v) is 8.67. The molecular weight excluding hydrogens is 444 g/mol. The summed E-state index contributed by atoms with van der Waals surface area (Å²) in [6, 6.07) is 10.5. The van der Waals surface area contributed by atoms with E-state index < -0.39 is 0 Å². The molecule has 0 radical (unpaired) electrons. The zero-order valence-corrected chi connectivity index (χ0v) is 19.7. The van der Waals surface area contributed by atoms with Gasteiger partial charge in [-0.15, -0.1) is 0 Å². The molecule has 8 nitrogen and oxygen atoms in total. The molecule has 1 saturated heterocycles. The number of rotatable bonds is 5. The van der Waals surface area contributed by atoms with Crippen molar-refractivity contribution in [2.45, 2.75) is 19.8 Å². The predicted molar refractivity (Wildman–Crippen MR) is 129 cm³/mol. The number of hydrogen-bond acceptors (Lipinski definition) is 5. The van der Waals surface area contributed by atoms with E-state index in [4.69, 9.17) is 16.3 Å². The normalized spacial score (nSPS) is 14.5. The molecule has 0 aliphatic carbocycles. The lowest BCUT2D eigenvalue weighted by atomic mass is 9.96. The summed E-state index contributed by atoms with van der Waals surface area (Å²) in [5.74, 6) is -0.580. The van der Waals surface area contributed by atoms with Crippen LogP contribution in [0.15, 0.2) is 41.2 Å². The number of hydrogen-bond donors (Lipinski definition) is 1. The molecule has 0 atom stereocenters. The number of aromatic nitrogens is 2. The molecule has 1 fully saturated rings. The molecule has 0 bridgehead atoms. The van der Waals surface area contributed by atoms with Crippen molar-refractivity contribution in [2.75, 3.05) is 29.9 Å². The minimum Gasteiger partial charge on any atom is -0.466 e. The fourth-order valence-corrected chi connectivity index (χ4v) is 4.53. The number of halogens is 1. The number of nitrogens with zero attached hydrogens (tertiary/aromatic N) is 3. The van der Waals surface area contributed by atoms with E-state index in [0.717, 1.165) is 11.2 Å². The molecule has 0 saturated carbocycles. The Morgan fingerprint density at radius 2 is 1.76 bits per heavy atom. The molecule has 9 heteroatoms. The quantitative estimate of drug-likeness (QED) is 0.576. The van der Waals surface area contributed by atoms with Gasteiger partial charge in [-0.2, -0.15) is 0 Å². The summed E-state index contributed by atoms with van der Waals surface area (Å²) in [7, 11) is 3.43. The number of imidazole rings is 1. The number of amides is 1. The van der Waals surface area contributed by atoms with Crippen LogP contribution in [0.4, 0.5) is 11.4 Å². The summed E-state index contributed by atoms with van der Waals surface area (Å²) in [5, 5.41) is 3.47. The smallest absolute Gasteiger partial charge is 0.328 e. The van der Waals surface area contributed by atoms with Crippen LogP contribution in [0, 0.1) is 5.92 Å². The maximum Gasteiger partial charge on any atom is 0.328 e. The van der Waals surface area contributed by atoms with Crippen molar-refractivity contribution in [2.24, 2.45) is 20.0 Å². The van der Waals surface area contributed by atoms with Crippen molar-refractivity contribution < 1.29 is 14.3 Å². The van der Waals surface area contributed by atoms with Gasteiger partial charge in [0.05, 0.1) is 34.9 Å². The molecule has 1 aliphatic rings. The molecule has 0 unspecified atom stereocenters. The van der Waals surface area contributed by atoms with Gasteiger partial charge in [0.25, 0.3) is 5.91 Å². The first-order chi connectivity index (χ1) is 15.8. The molecule has 1 aromatic heterocycles. The number of anilines is 2. The Bertz CT molecular complexity index is 1270. The summed E-state index contributed by atoms with van der Waals surface area (Å²) < 4.78 is 8.33. The number of nitrogens with one attached hydrogen (secondary N) is 1. The minimum atomic E-state index is -0.291. The van der Waals surface area contributed by atoms with Crippen molar-refractivity contribution in [1.82, 2.24) is 9.13 Å². The maximum absolute atomic E-state index is 13.0. The Kier molecular flexibility index (Phi) is 6.47. The van der Waals surface area contributed by atoms with Crippen LogP contribution in [0.5, 0.6) is 0 Å². The van der Waals surface area contributed by atoms with Gasteiger partial charge in [0.15, 0.2) is 0 Å². The predicted octanol–water partition coefficient (Wildman–Crippen LogP) is 3.56. The van der Waals surface area contributed by atoms with Gasteiger partial charge in [-0.05, 0) is 50.1 Å². The van der Waals surface area contributed by atoms with E-state index >= 15 is 0 Å². The fourth-order valence-electron chi connectivity index (χ4n) is 4.34. The van der Waals surface area contributed by atoms with Crippen molar-refractivity contribution in [3.05, 3.63) is 57.5 Å². The molecule has 33 heavy (non-hydrogen) atoms. The highest BCUT2D eigenvalue weighted by Gasteiger charge is 2.28. The van der Waals surface area contributed by atoms with Crippen molar-refractivity contribution in [1.29, 1.82) is 0 Å². The Labute approximate surface area is 196 Å². The Balaban J connectivity index is 1.70. The lowest BCUT2D eigenvalue weighted by Crippen LogP contribution is -2.37. The van der Waals surface area contributed by atoms with E-state index in [-0.39, 0.29) is 23.5 Å². The zero-order chi connectivity index (χ0) is 23.7. The van der Waals surface area contributed by atoms with E-state index in [1.54, 1.807) is 54.4 Å². The number of fused-ring (bicyclic) bond motifs is 1. The highest BCUT2D eigenvalue weighted by atomic mass is 35.5. The molecule has 1 aliphatic heterocycles. The van der Waals surface area contributed by atoms with Gasteiger partial charge in [0, 0.05) is 37.8 Å². The van der Waals surface area contributed by atoms with Crippen LogP contribution in [-0.2, 0) is 23.6 Å². The lowest BCUT2D eigenvalue weighted by molar-refractivity contribution is -0.148. The first-order valence-corrected chi connectivity index (χ1v) is 11.4. The standard InChI is InChI=1S/C24H27ClN4O4/c1-4-33-23(31)15-8-10-29(11-9-15)19-14-21-20(27(2)24(32)28(21)3)13-18(19)26-22(30)16-6-5-7-17(25)12-16/h5-7,12-15H,4,8-11H2,1-3H3,(H,26,30). The highest BCUT2D eigenvalue weighted by Crippen LogP contribution is 2.34. The van der Waals surface area contributed by atoms with Crippen LogP contribution in [0.1, 0.15) is 30.1 Å². The monoisotopic (exact) mass is 470 g/mol. The molecule has 3 aromatic rings. The average Bonchev–Trinajstić information content (AvgIpc) is 3.02. The third-order valence-electron chi connectivity index (χ3n) is 6.18. The van der Waals surface area contributed by atoms with Crippen molar-refractivity contribution in [3.63, 3.8) is 0 Å². The average molecular weight is 471 g/mol. The number of carbonyl (C=O) groups excluding carboxylic acids is 2. The number of carbonyl (C=O) groups is 2. The van der Waals surface area contributed by atoms with Gasteiger partial charge in [0.2, 0.25) is 0 Å². The third kappa shape index (κ3) is 4.48. The summed E-state index contributed by atoms with van der Waals surface area (Å²) in [6.45, 7) is 3.45. The minimum absolute atomic E-state index is 0.129. The molecule has 1 N–H and O–H groups in total. The topological polar surface area (TPSA) is 85.6 Å². The van der Waals surface area contributed by atoms with E-state index in [1.165, 1.54) is 0 Å². The Morgan fingerprint density at radius 3 is 2.39 bits per heavy atom. The first kappa shape index (κ1) is 22.9. The summed E-state index contributed by atoms with van der Waals surface area (Å²) in [5.41, 5.74) is 3.19. The molecule has 2 aromatic carbocycles. The van der Waals surface area contributed by atoms with E-state index in [0.29, 0.717) is 54.3 Å². The SMILES string of the molecule is CCOC(=O)C1CCN(c2cc3c(cc2NC(=O)c2cccc(Cl)c2)n(C)c(=O)n3C)CC1. The van der Waals surface area contributed by atoms with E-state index in [2.05, 4.69) is 10.2 Å². The van der Waals surface area contributed by atoms with Gasteiger partial charge < -0.3 is 15.0 Å². The number of benzene rings is 2. The van der Waals surface area contributed by atoms with Gasteiger partial charge in [0.1, 0.15) is 0 Å². The highest BCUT2D eigenvalue weighted by molar-refractivity contribution is 6.31. The molecular formula is C24H27ClN4O4. The zero-order valence-electron chi connectivity index (χ0n) is 18.9.